The second kappa shape index (κ2) is 7.73. The van der Waals surface area contributed by atoms with E-state index in [-0.39, 0.29) is 17.2 Å². The number of nitrogens with zero attached hydrogens (tertiary/aromatic N) is 4. The molecule has 0 N–H and O–H groups in total. The molecular formula is C21H26N4O3. The normalized spacial score (nSPS) is 22.7. The molecule has 7 nitrogen and oxygen atoms in total. The highest BCUT2D eigenvalue weighted by atomic mass is 16.5. The van der Waals surface area contributed by atoms with Crippen molar-refractivity contribution in [3.63, 3.8) is 0 Å². The minimum absolute atomic E-state index is 0.0403. The SMILES string of the molecule is CCc1cc(C(=O)N2CCCC3(CCC(=O)N(Cc4cccnc4)C3)C2)no1. The van der Waals surface area contributed by atoms with E-state index in [2.05, 4.69) is 10.1 Å². The molecule has 0 aliphatic carbocycles. The van der Waals surface area contributed by atoms with Crippen molar-refractivity contribution < 1.29 is 14.1 Å². The van der Waals surface area contributed by atoms with Crippen molar-refractivity contribution in [2.75, 3.05) is 19.6 Å². The van der Waals surface area contributed by atoms with Crippen molar-refractivity contribution in [3.05, 3.63) is 47.6 Å². The number of amides is 2. The Kier molecular flexibility index (Phi) is 5.15. The summed E-state index contributed by atoms with van der Waals surface area (Å²) >= 11 is 0. The summed E-state index contributed by atoms with van der Waals surface area (Å²) < 4.78 is 5.20. The zero-order chi connectivity index (χ0) is 19.6. The minimum Gasteiger partial charge on any atom is -0.361 e. The number of hydrogen-bond donors (Lipinski definition) is 0. The molecule has 2 amide bonds. The van der Waals surface area contributed by atoms with Crippen LogP contribution in [0, 0.1) is 5.41 Å². The van der Waals surface area contributed by atoms with Gasteiger partial charge in [0.05, 0.1) is 0 Å². The molecule has 1 spiro atoms. The van der Waals surface area contributed by atoms with Gasteiger partial charge >= 0.3 is 0 Å². The summed E-state index contributed by atoms with van der Waals surface area (Å²) in [5.41, 5.74) is 1.38. The number of carbonyl (C=O) groups is 2. The molecule has 7 heteroatoms. The molecule has 4 heterocycles. The summed E-state index contributed by atoms with van der Waals surface area (Å²) in [5.74, 6) is 0.834. The van der Waals surface area contributed by atoms with Crippen LogP contribution in [0.5, 0.6) is 0 Å². The van der Waals surface area contributed by atoms with Gasteiger partial charge in [-0.15, -0.1) is 0 Å². The first kappa shape index (κ1) is 18.7. The van der Waals surface area contributed by atoms with Crippen LogP contribution in [-0.2, 0) is 17.8 Å². The van der Waals surface area contributed by atoms with Crippen molar-refractivity contribution in [1.82, 2.24) is 19.9 Å². The molecule has 0 radical (unpaired) electrons. The number of rotatable bonds is 4. The zero-order valence-electron chi connectivity index (χ0n) is 16.3. The van der Waals surface area contributed by atoms with Crippen molar-refractivity contribution in [2.45, 2.75) is 45.6 Å². The minimum atomic E-state index is -0.0711. The fourth-order valence-corrected chi connectivity index (χ4v) is 4.42. The fourth-order valence-electron chi connectivity index (χ4n) is 4.42. The van der Waals surface area contributed by atoms with Crippen molar-refractivity contribution in [1.29, 1.82) is 0 Å². The predicted octanol–water partition coefficient (Wildman–Crippen LogP) is 2.68. The number of hydrogen-bond acceptors (Lipinski definition) is 5. The summed E-state index contributed by atoms with van der Waals surface area (Å²) in [6.45, 7) is 4.62. The number of aryl methyl sites for hydroxylation is 1. The molecule has 1 unspecified atom stereocenters. The molecule has 0 saturated carbocycles. The van der Waals surface area contributed by atoms with Gasteiger partial charge in [0.15, 0.2) is 5.69 Å². The van der Waals surface area contributed by atoms with Crippen LogP contribution in [-0.4, -0.2) is 51.4 Å². The number of piperidine rings is 2. The first-order valence-corrected chi connectivity index (χ1v) is 10.0. The molecule has 1 atom stereocenters. The Hall–Kier alpha value is -2.70. The van der Waals surface area contributed by atoms with E-state index in [1.807, 2.05) is 28.9 Å². The molecule has 2 aromatic heterocycles. The summed E-state index contributed by atoms with van der Waals surface area (Å²) in [6.07, 6.45) is 7.61. The highest BCUT2D eigenvalue weighted by molar-refractivity contribution is 5.92. The molecule has 2 aromatic rings. The number of pyridine rings is 1. The van der Waals surface area contributed by atoms with Crippen LogP contribution in [0.1, 0.15) is 54.4 Å². The van der Waals surface area contributed by atoms with Crippen LogP contribution in [0.2, 0.25) is 0 Å². The van der Waals surface area contributed by atoms with E-state index in [0.29, 0.717) is 31.7 Å². The third kappa shape index (κ3) is 3.79. The third-order valence-corrected chi connectivity index (χ3v) is 5.92. The van der Waals surface area contributed by atoms with Crippen molar-refractivity contribution >= 4 is 11.8 Å². The topological polar surface area (TPSA) is 79.5 Å². The quantitative estimate of drug-likeness (QED) is 0.812. The van der Waals surface area contributed by atoms with Crippen molar-refractivity contribution in [3.8, 4) is 0 Å². The predicted molar refractivity (Wildman–Crippen MR) is 102 cm³/mol. The Balaban J connectivity index is 1.47. The average Bonchev–Trinajstić information content (AvgIpc) is 3.21. The maximum Gasteiger partial charge on any atom is 0.276 e. The van der Waals surface area contributed by atoms with E-state index in [9.17, 15) is 9.59 Å². The van der Waals surface area contributed by atoms with Gasteiger partial charge in [-0.25, -0.2) is 0 Å². The van der Waals surface area contributed by atoms with Gasteiger partial charge in [-0.1, -0.05) is 18.1 Å². The Bertz CT molecular complexity index is 850. The van der Waals surface area contributed by atoms with Crippen LogP contribution >= 0.6 is 0 Å². The molecule has 2 aliphatic heterocycles. The zero-order valence-corrected chi connectivity index (χ0v) is 16.3. The van der Waals surface area contributed by atoms with Gasteiger partial charge in [0, 0.05) is 62.9 Å². The second-order valence-corrected chi connectivity index (χ2v) is 7.97. The lowest BCUT2D eigenvalue weighted by atomic mass is 9.73. The fraction of sp³-hybridized carbons (Fsp3) is 0.524. The highest BCUT2D eigenvalue weighted by Gasteiger charge is 2.43. The molecule has 28 heavy (non-hydrogen) atoms. The summed E-state index contributed by atoms with van der Waals surface area (Å²) in [6, 6.07) is 5.62. The molecule has 148 valence electrons. The monoisotopic (exact) mass is 382 g/mol. The third-order valence-electron chi connectivity index (χ3n) is 5.92. The number of likely N-dealkylation sites (tertiary alicyclic amines) is 2. The average molecular weight is 382 g/mol. The number of aromatic nitrogens is 2. The van der Waals surface area contributed by atoms with Crippen LogP contribution in [0.25, 0.3) is 0 Å². The summed E-state index contributed by atoms with van der Waals surface area (Å²) in [7, 11) is 0. The van der Waals surface area contributed by atoms with Gasteiger partial charge in [0.2, 0.25) is 5.91 Å². The van der Waals surface area contributed by atoms with Gasteiger partial charge in [-0.2, -0.15) is 0 Å². The highest BCUT2D eigenvalue weighted by Crippen LogP contribution is 2.39. The van der Waals surface area contributed by atoms with Gasteiger partial charge in [-0.05, 0) is 30.9 Å². The molecule has 0 bridgehead atoms. The number of carbonyl (C=O) groups excluding carboxylic acids is 2. The van der Waals surface area contributed by atoms with Gasteiger partial charge in [0.1, 0.15) is 5.76 Å². The molecule has 2 saturated heterocycles. The van der Waals surface area contributed by atoms with E-state index >= 15 is 0 Å². The Morgan fingerprint density at radius 3 is 2.96 bits per heavy atom. The summed E-state index contributed by atoms with van der Waals surface area (Å²) in [5, 5.41) is 3.94. The standard InChI is InChI=1S/C21H26N4O3/c1-2-17-11-18(23-28-17)20(27)24-10-4-7-21(14-24)8-6-19(26)25(15-21)13-16-5-3-9-22-12-16/h3,5,9,11-12H,2,4,6-8,10,13-15H2,1H3. The van der Waals surface area contributed by atoms with Gasteiger partial charge in [0.25, 0.3) is 5.91 Å². The van der Waals surface area contributed by atoms with E-state index < -0.39 is 0 Å². The lowest BCUT2D eigenvalue weighted by molar-refractivity contribution is -0.139. The molecule has 4 rings (SSSR count). The first-order chi connectivity index (χ1) is 13.6. The maximum absolute atomic E-state index is 12.9. The van der Waals surface area contributed by atoms with Gasteiger partial charge < -0.3 is 14.3 Å². The summed E-state index contributed by atoms with van der Waals surface area (Å²) in [4.78, 5) is 33.4. The molecule has 2 aliphatic rings. The molecule has 0 aromatic carbocycles. The van der Waals surface area contributed by atoms with E-state index in [0.717, 1.165) is 43.6 Å². The van der Waals surface area contributed by atoms with Crippen LogP contribution in [0.4, 0.5) is 0 Å². The smallest absolute Gasteiger partial charge is 0.276 e. The van der Waals surface area contributed by atoms with Crippen LogP contribution in [0.15, 0.2) is 35.1 Å². The second-order valence-electron chi connectivity index (χ2n) is 7.97. The Labute approximate surface area is 164 Å². The lowest BCUT2D eigenvalue weighted by Crippen LogP contribution is -2.54. The molecular weight excluding hydrogens is 356 g/mol. The maximum atomic E-state index is 12.9. The molecule has 2 fully saturated rings. The van der Waals surface area contributed by atoms with E-state index in [1.54, 1.807) is 18.5 Å². The Morgan fingerprint density at radius 1 is 1.32 bits per heavy atom. The largest absolute Gasteiger partial charge is 0.361 e. The first-order valence-electron chi connectivity index (χ1n) is 10.0. The van der Waals surface area contributed by atoms with Crippen LogP contribution < -0.4 is 0 Å². The van der Waals surface area contributed by atoms with Crippen molar-refractivity contribution in [2.24, 2.45) is 5.41 Å². The lowest BCUT2D eigenvalue weighted by Gasteiger charge is -2.48. The van der Waals surface area contributed by atoms with E-state index in [4.69, 9.17) is 4.52 Å². The Morgan fingerprint density at radius 2 is 2.21 bits per heavy atom. The van der Waals surface area contributed by atoms with E-state index in [1.165, 1.54) is 0 Å². The van der Waals surface area contributed by atoms with Crippen LogP contribution in [0.3, 0.4) is 0 Å². The van der Waals surface area contributed by atoms with Gasteiger partial charge in [-0.3, -0.25) is 14.6 Å².